The molecule has 0 saturated heterocycles. The van der Waals surface area contributed by atoms with E-state index in [4.69, 9.17) is 4.74 Å². The molecule has 1 N–H and O–H groups in total. The van der Waals surface area contributed by atoms with Crippen molar-refractivity contribution in [2.45, 2.75) is 33.2 Å². The maximum atomic E-state index is 9.32. The van der Waals surface area contributed by atoms with Gasteiger partial charge in [-0.05, 0) is 58.0 Å². The fourth-order valence-corrected chi connectivity index (χ4v) is 3.06. The van der Waals surface area contributed by atoms with E-state index in [2.05, 4.69) is 41.6 Å². The molecule has 108 valence electrons. The van der Waals surface area contributed by atoms with Crippen molar-refractivity contribution < 1.29 is 9.84 Å². The highest BCUT2D eigenvalue weighted by Crippen LogP contribution is 2.41. The first-order chi connectivity index (χ1) is 8.86. The molecule has 0 bridgehead atoms. The van der Waals surface area contributed by atoms with Crippen LogP contribution in [0.2, 0.25) is 0 Å². The highest BCUT2D eigenvalue weighted by molar-refractivity contribution is 9.10. The number of nitrogens with zero attached hydrogens (tertiary/aromatic N) is 1. The van der Waals surface area contributed by atoms with Crippen molar-refractivity contribution in [1.82, 2.24) is 4.90 Å². The van der Waals surface area contributed by atoms with Gasteiger partial charge in [0.2, 0.25) is 0 Å². The Morgan fingerprint density at radius 3 is 2.16 bits per heavy atom. The minimum absolute atomic E-state index is 0.149. The van der Waals surface area contributed by atoms with Crippen molar-refractivity contribution in [3.05, 3.63) is 26.7 Å². The number of hydrogen-bond donors (Lipinski definition) is 1. The maximum absolute atomic E-state index is 9.32. The summed E-state index contributed by atoms with van der Waals surface area (Å²) in [4.78, 5) is 2.13. The second-order valence-corrected chi connectivity index (χ2v) is 5.92. The van der Waals surface area contributed by atoms with Gasteiger partial charge < -0.3 is 14.7 Å². The van der Waals surface area contributed by atoms with Gasteiger partial charge in [-0.3, -0.25) is 0 Å². The van der Waals surface area contributed by atoms with Crippen LogP contribution in [0, 0.1) is 20.8 Å². The summed E-state index contributed by atoms with van der Waals surface area (Å²) < 4.78 is 6.77. The van der Waals surface area contributed by atoms with E-state index in [-0.39, 0.29) is 12.6 Å². The van der Waals surface area contributed by atoms with Crippen molar-refractivity contribution in [3.63, 3.8) is 0 Å². The van der Waals surface area contributed by atoms with E-state index in [1.807, 2.05) is 14.1 Å². The summed E-state index contributed by atoms with van der Waals surface area (Å²) in [5, 5.41) is 9.32. The van der Waals surface area contributed by atoms with Crippen LogP contribution < -0.4 is 4.74 Å². The number of aliphatic hydroxyl groups excluding tert-OH is 1. The molecule has 0 aliphatic rings. The first kappa shape index (κ1) is 16.5. The molecule has 0 heterocycles. The Balaban J connectivity index is 3.55. The standard InChI is InChI=1S/C15H24BrNO2/c1-9-10(2)15(19-6)13(11(3)14(9)16)12(7-8-18)17(4)5/h12,18H,7-8H2,1-6H3. The van der Waals surface area contributed by atoms with Crippen LogP contribution in [0.1, 0.15) is 34.7 Å². The number of hydrogen-bond acceptors (Lipinski definition) is 3. The summed E-state index contributed by atoms with van der Waals surface area (Å²) in [5.41, 5.74) is 4.71. The average molecular weight is 330 g/mol. The highest BCUT2D eigenvalue weighted by atomic mass is 79.9. The van der Waals surface area contributed by atoms with Crippen molar-refractivity contribution in [3.8, 4) is 5.75 Å². The number of rotatable bonds is 5. The Morgan fingerprint density at radius 2 is 1.74 bits per heavy atom. The van der Waals surface area contributed by atoms with Gasteiger partial charge in [0.15, 0.2) is 0 Å². The molecule has 0 amide bonds. The van der Waals surface area contributed by atoms with Crippen molar-refractivity contribution in [2.75, 3.05) is 27.8 Å². The number of methoxy groups -OCH3 is 1. The smallest absolute Gasteiger partial charge is 0.127 e. The van der Waals surface area contributed by atoms with E-state index < -0.39 is 0 Å². The molecule has 19 heavy (non-hydrogen) atoms. The molecule has 0 aliphatic heterocycles. The quantitative estimate of drug-likeness (QED) is 0.898. The van der Waals surface area contributed by atoms with Crippen LogP contribution in [-0.2, 0) is 0 Å². The van der Waals surface area contributed by atoms with Crippen LogP contribution in [0.3, 0.4) is 0 Å². The zero-order valence-corrected chi connectivity index (χ0v) is 14.3. The summed E-state index contributed by atoms with van der Waals surface area (Å²) >= 11 is 3.68. The predicted molar refractivity (Wildman–Crippen MR) is 83.0 cm³/mol. The summed E-state index contributed by atoms with van der Waals surface area (Å²) in [6.07, 6.45) is 0.694. The zero-order valence-electron chi connectivity index (χ0n) is 12.7. The van der Waals surface area contributed by atoms with E-state index in [1.165, 1.54) is 11.1 Å². The zero-order chi connectivity index (χ0) is 14.7. The van der Waals surface area contributed by atoms with Gasteiger partial charge in [-0.2, -0.15) is 0 Å². The summed E-state index contributed by atoms with van der Waals surface area (Å²) in [5.74, 6) is 0.936. The lowest BCUT2D eigenvalue weighted by molar-refractivity contribution is 0.207. The third-order valence-corrected chi connectivity index (χ3v) is 4.96. The third-order valence-electron chi connectivity index (χ3n) is 3.77. The molecule has 0 saturated carbocycles. The van der Waals surface area contributed by atoms with Gasteiger partial charge in [0.05, 0.1) is 7.11 Å². The Labute approximate surface area is 124 Å². The van der Waals surface area contributed by atoms with Crippen LogP contribution in [0.5, 0.6) is 5.75 Å². The fraction of sp³-hybridized carbons (Fsp3) is 0.600. The first-order valence-corrected chi connectivity index (χ1v) is 7.26. The molecule has 0 aromatic heterocycles. The van der Waals surface area contributed by atoms with Gasteiger partial charge in [-0.1, -0.05) is 15.9 Å². The van der Waals surface area contributed by atoms with E-state index in [0.29, 0.717) is 6.42 Å². The number of benzene rings is 1. The monoisotopic (exact) mass is 329 g/mol. The van der Waals surface area contributed by atoms with Crippen LogP contribution >= 0.6 is 15.9 Å². The lowest BCUT2D eigenvalue weighted by atomic mass is 9.92. The topological polar surface area (TPSA) is 32.7 Å². The SMILES string of the molecule is COc1c(C)c(C)c(Br)c(C)c1C(CCO)N(C)C. The van der Waals surface area contributed by atoms with E-state index >= 15 is 0 Å². The number of halogens is 1. The molecule has 0 radical (unpaired) electrons. The van der Waals surface area contributed by atoms with E-state index in [1.54, 1.807) is 7.11 Å². The van der Waals surface area contributed by atoms with Crippen LogP contribution in [0.15, 0.2) is 4.47 Å². The summed E-state index contributed by atoms with van der Waals surface area (Å²) in [6.45, 7) is 6.43. The Kier molecular flexibility index (Phi) is 5.83. The van der Waals surface area contributed by atoms with Crippen molar-refractivity contribution in [2.24, 2.45) is 0 Å². The molecule has 1 aromatic carbocycles. The number of aliphatic hydroxyl groups is 1. The van der Waals surface area contributed by atoms with Gasteiger partial charge in [-0.15, -0.1) is 0 Å². The van der Waals surface area contributed by atoms with Crippen LogP contribution in [0.25, 0.3) is 0 Å². The molecule has 0 fully saturated rings. The first-order valence-electron chi connectivity index (χ1n) is 6.47. The molecule has 1 rings (SSSR count). The second-order valence-electron chi connectivity index (χ2n) is 5.13. The van der Waals surface area contributed by atoms with Gasteiger partial charge in [0, 0.05) is 22.7 Å². The van der Waals surface area contributed by atoms with Gasteiger partial charge in [0.25, 0.3) is 0 Å². The van der Waals surface area contributed by atoms with Crippen LogP contribution in [0.4, 0.5) is 0 Å². The maximum Gasteiger partial charge on any atom is 0.127 e. The molecule has 3 nitrogen and oxygen atoms in total. The van der Waals surface area contributed by atoms with Crippen LogP contribution in [-0.4, -0.2) is 37.8 Å². The fourth-order valence-electron chi connectivity index (χ4n) is 2.55. The molecule has 4 heteroatoms. The van der Waals surface area contributed by atoms with Crippen molar-refractivity contribution in [1.29, 1.82) is 0 Å². The van der Waals surface area contributed by atoms with E-state index in [9.17, 15) is 5.11 Å². The molecule has 1 aromatic rings. The molecular formula is C15H24BrNO2. The normalized spacial score (nSPS) is 12.9. The summed E-state index contributed by atoms with van der Waals surface area (Å²) in [6, 6.07) is 0.149. The Bertz CT molecular complexity index is 458. The van der Waals surface area contributed by atoms with Gasteiger partial charge in [0.1, 0.15) is 5.75 Å². The molecule has 0 spiro atoms. The molecule has 1 unspecified atom stereocenters. The Hall–Kier alpha value is -0.580. The minimum Gasteiger partial charge on any atom is -0.496 e. The molecular weight excluding hydrogens is 306 g/mol. The summed E-state index contributed by atoms with van der Waals surface area (Å²) in [7, 11) is 5.77. The second kappa shape index (κ2) is 6.73. The minimum atomic E-state index is 0.149. The number of ether oxygens (including phenoxy) is 1. The lowest BCUT2D eigenvalue weighted by Crippen LogP contribution is -2.23. The van der Waals surface area contributed by atoms with Crippen molar-refractivity contribution >= 4 is 15.9 Å². The third kappa shape index (κ3) is 3.12. The predicted octanol–water partition coefficient (Wildman–Crippen LogP) is 3.37. The largest absolute Gasteiger partial charge is 0.496 e. The van der Waals surface area contributed by atoms with E-state index in [0.717, 1.165) is 21.3 Å². The van der Waals surface area contributed by atoms with Gasteiger partial charge in [-0.25, -0.2) is 0 Å². The lowest BCUT2D eigenvalue weighted by Gasteiger charge is -2.29. The average Bonchev–Trinajstić information content (AvgIpc) is 2.38. The van der Waals surface area contributed by atoms with Gasteiger partial charge >= 0.3 is 0 Å². The molecule has 0 aliphatic carbocycles. The highest BCUT2D eigenvalue weighted by Gasteiger charge is 2.24. The Morgan fingerprint density at radius 1 is 1.16 bits per heavy atom. The molecule has 1 atom stereocenters.